The summed E-state index contributed by atoms with van der Waals surface area (Å²) in [6.45, 7) is 6.19. The first-order chi connectivity index (χ1) is 10.6. The third-order valence-electron chi connectivity index (χ3n) is 4.62. The van der Waals surface area contributed by atoms with E-state index >= 15 is 0 Å². The van der Waals surface area contributed by atoms with Crippen LogP contribution >= 0.6 is 0 Å². The van der Waals surface area contributed by atoms with Crippen molar-refractivity contribution in [2.24, 2.45) is 5.41 Å². The zero-order chi connectivity index (χ0) is 17.3. The van der Waals surface area contributed by atoms with E-state index in [9.17, 15) is 14.4 Å². The van der Waals surface area contributed by atoms with E-state index in [4.69, 9.17) is 9.84 Å². The summed E-state index contributed by atoms with van der Waals surface area (Å²) in [5.41, 5.74) is -0.226. The molecule has 128 valence electrons. The van der Waals surface area contributed by atoms with Crippen molar-refractivity contribution in [3.05, 3.63) is 5.57 Å². The van der Waals surface area contributed by atoms with E-state index in [0.717, 1.165) is 0 Å². The Morgan fingerprint density at radius 1 is 1.35 bits per heavy atom. The number of carboxylic acid groups (broad SMARTS) is 1. The predicted molar refractivity (Wildman–Crippen MR) is 82.9 cm³/mol. The molecular weight excluding hydrogens is 300 g/mol. The van der Waals surface area contributed by atoms with Gasteiger partial charge in [-0.2, -0.15) is 0 Å². The summed E-state index contributed by atoms with van der Waals surface area (Å²) in [7, 11) is 0. The molecule has 2 N–H and O–H groups in total. The summed E-state index contributed by atoms with van der Waals surface area (Å²) in [4.78, 5) is 35.6. The van der Waals surface area contributed by atoms with Gasteiger partial charge in [-0.05, 0) is 45.4 Å². The molecule has 2 aliphatic rings. The maximum atomic E-state index is 12.1. The summed E-state index contributed by atoms with van der Waals surface area (Å²) >= 11 is 0. The number of rotatable bonds is 1. The normalized spacial score (nSPS) is 23.5. The number of carbonyl (C=O) groups is 2. The number of ether oxygens (including phenoxy) is 1. The quantitative estimate of drug-likeness (QED) is 0.721. The third-order valence-corrected chi connectivity index (χ3v) is 4.62. The highest BCUT2D eigenvalue weighted by atomic mass is 16.6. The summed E-state index contributed by atoms with van der Waals surface area (Å²) in [6.07, 6.45) is 0.811. The van der Waals surface area contributed by atoms with Gasteiger partial charge in [-0.1, -0.05) is 0 Å². The monoisotopic (exact) mass is 324 g/mol. The van der Waals surface area contributed by atoms with Crippen LogP contribution < -0.4 is 5.32 Å². The van der Waals surface area contributed by atoms with Crippen LogP contribution in [-0.4, -0.2) is 52.9 Å². The number of hydrogen-bond donors (Lipinski definition) is 2. The zero-order valence-corrected chi connectivity index (χ0v) is 13.8. The highest BCUT2D eigenvalue weighted by Gasteiger charge is 2.48. The Kier molecular flexibility index (Phi) is 4.71. The van der Waals surface area contributed by atoms with E-state index in [0.29, 0.717) is 44.3 Å². The van der Waals surface area contributed by atoms with E-state index in [2.05, 4.69) is 5.32 Å². The standard InChI is InChI=1S/C16H24N2O5/c1-15(2,3)23-13(20)17-12-8-11(10-19)9-16(12)4-6-18(7-5-16)14(21)22/h12H,4-9H2,1-3H3,(H,17,20)(H,21,22)/t12-/m1/s1. The van der Waals surface area contributed by atoms with E-state index in [1.165, 1.54) is 4.90 Å². The van der Waals surface area contributed by atoms with Gasteiger partial charge in [0.15, 0.2) is 0 Å². The molecule has 1 atom stereocenters. The maximum absolute atomic E-state index is 12.1. The van der Waals surface area contributed by atoms with Crippen LogP contribution in [0.1, 0.15) is 46.5 Å². The molecule has 2 rings (SSSR count). The third kappa shape index (κ3) is 4.05. The van der Waals surface area contributed by atoms with Crippen LogP contribution in [0.3, 0.4) is 0 Å². The minimum atomic E-state index is -0.930. The first-order valence-electron chi connectivity index (χ1n) is 7.85. The van der Waals surface area contributed by atoms with Crippen molar-refractivity contribution < 1.29 is 24.2 Å². The van der Waals surface area contributed by atoms with Crippen molar-refractivity contribution in [3.8, 4) is 0 Å². The second-order valence-corrected chi connectivity index (χ2v) is 7.42. The van der Waals surface area contributed by atoms with Gasteiger partial charge in [0.2, 0.25) is 0 Å². The van der Waals surface area contributed by atoms with Gasteiger partial charge in [-0.25, -0.2) is 14.4 Å². The summed E-state index contributed by atoms with van der Waals surface area (Å²) in [6, 6.07) is -0.218. The smallest absolute Gasteiger partial charge is 0.407 e. The molecule has 0 unspecified atom stereocenters. The molecule has 1 spiro atoms. The summed E-state index contributed by atoms with van der Waals surface area (Å²) < 4.78 is 5.30. The summed E-state index contributed by atoms with van der Waals surface area (Å²) in [5, 5.41) is 12.0. The van der Waals surface area contributed by atoms with Gasteiger partial charge >= 0.3 is 12.2 Å². The number of likely N-dealkylation sites (tertiary alicyclic amines) is 1. The molecule has 1 aliphatic carbocycles. The molecule has 1 heterocycles. The SMILES string of the molecule is CC(C)(C)OC(=O)N[C@@H]1CC(=C=O)CC12CCN(C(=O)O)CC2. The van der Waals surface area contributed by atoms with Gasteiger partial charge in [-0.15, -0.1) is 0 Å². The first kappa shape index (κ1) is 17.3. The molecule has 1 aliphatic heterocycles. The van der Waals surface area contributed by atoms with Crippen molar-refractivity contribution in [1.82, 2.24) is 10.2 Å². The number of amides is 2. The van der Waals surface area contributed by atoms with Gasteiger partial charge in [0.25, 0.3) is 0 Å². The van der Waals surface area contributed by atoms with Gasteiger partial charge in [0, 0.05) is 31.1 Å². The number of carbonyl (C=O) groups excluding carboxylic acids is 2. The average molecular weight is 324 g/mol. The fourth-order valence-electron chi connectivity index (χ4n) is 3.48. The largest absolute Gasteiger partial charge is 0.465 e. The number of piperidine rings is 1. The molecule has 1 saturated heterocycles. The van der Waals surface area contributed by atoms with Gasteiger partial charge in [0.1, 0.15) is 11.5 Å². The maximum Gasteiger partial charge on any atom is 0.407 e. The molecule has 0 radical (unpaired) electrons. The fraction of sp³-hybridized carbons (Fsp3) is 0.750. The van der Waals surface area contributed by atoms with Crippen molar-refractivity contribution in [3.63, 3.8) is 0 Å². The second kappa shape index (κ2) is 6.24. The van der Waals surface area contributed by atoms with Crippen LogP contribution in [0.2, 0.25) is 0 Å². The lowest BCUT2D eigenvalue weighted by Gasteiger charge is -2.42. The molecule has 0 aromatic heterocycles. The Hall–Kier alpha value is -2.01. The fourth-order valence-corrected chi connectivity index (χ4v) is 3.48. The van der Waals surface area contributed by atoms with Crippen LogP contribution in [0.5, 0.6) is 0 Å². The van der Waals surface area contributed by atoms with E-state index in [-0.39, 0.29) is 11.5 Å². The number of alkyl carbamates (subject to hydrolysis) is 1. The van der Waals surface area contributed by atoms with Crippen LogP contribution in [0.4, 0.5) is 9.59 Å². The molecule has 0 bridgehead atoms. The first-order valence-corrected chi connectivity index (χ1v) is 7.85. The Balaban J connectivity index is 2.09. The number of nitrogens with zero attached hydrogens (tertiary/aromatic N) is 1. The minimum Gasteiger partial charge on any atom is -0.465 e. The van der Waals surface area contributed by atoms with E-state index in [1.54, 1.807) is 20.8 Å². The second-order valence-electron chi connectivity index (χ2n) is 7.42. The molecule has 2 fully saturated rings. The molecule has 0 aromatic rings. The van der Waals surface area contributed by atoms with Gasteiger partial charge in [0.05, 0.1) is 0 Å². The van der Waals surface area contributed by atoms with Gasteiger partial charge < -0.3 is 20.1 Å². The van der Waals surface area contributed by atoms with Crippen LogP contribution in [0.15, 0.2) is 5.57 Å². The van der Waals surface area contributed by atoms with Crippen molar-refractivity contribution in [2.45, 2.75) is 58.1 Å². The molecule has 0 aromatic carbocycles. The predicted octanol–water partition coefficient (Wildman–Crippen LogP) is 2.19. The van der Waals surface area contributed by atoms with E-state index < -0.39 is 17.8 Å². The van der Waals surface area contributed by atoms with E-state index in [1.807, 2.05) is 5.94 Å². The zero-order valence-electron chi connectivity index (χ0n) is 13.8. The highest BCUT2D eigenvalue weighted by Crippen LogP contribution is 2.48. The van der Waals surface area contributed by atoms with Crippen molar-refractivity contribution in [1.29, 1.82) is 0 Å². The lowest BCUT2D eigenvalue weighted by atomic mass is 9.74. The van der Waals surface area contributed by atoms with Gasteiger partial charge in [-0.3, -0.25) is 0 Å². The molecule has 1 saturated carbocycles. The lowest BCUT2D eigenvalue weighted by Crippen LogP contribution is -2.51. The Morgan fingerprint density at radius 3 is 2.43 bits per heavy atom. The molecular formula is C16H24N2O5. The summed E-state index contributed by atoms with van der Waals surface area (Å²) in [5.74, 6) is 1.97. The molecule has 7 heteroatoms. The van der Waals surface area contributed by atoms with Crippen LogP contribution in [-0.2, 0) is 9.53 Å². The average Bonchev–Trinajstić information content (AvgIpc) is 2.75. The lowest BCUT2D eigenvalue weighted by molar-refractivity contribution is 0.0377. The van der Waals surface area contributed by atoms with Crippen LogP contribution in [0.25, 0.3) is 0 Å². The Morgan fingerprint density at radius 2 is 1.96 bits per heavy atom. The molecule has 2 amide bonds. The topological polar surface area (TPSA) is 95.9 Å². The van der Waals surface area contributed by atoms with Crippen molar-refractivity contribution in [2.75, 3.05) is 13.1 Å². The molecule has 7 nitrogen and oxygen atoms in total. The molecule has 23 heavy (non-hydrogen) atoms. The van der Waals surface area contributed by atoms with Crippen molar-refractivity contribution >= 4 is 18.1 Å². The Labute approximate surface area is 135 Å². The number of hydrogen-bond acceptors (Lipinski definition) is 4. The minimum absolute atomic E-state index is 0.218. The van der Waals surface area contributed by atoms with Crippen LogP contribution in [0, 0.1) is 5.41 Å². The highest BCUT2D eigenvalue weighted by molar-refractivity contribution is 5.69. The Bertz CT molecular complexity index is 537. The number of nitrogens with one attached hydrogen (secondary N) is 1.